The van der Waals surface area contributed by atoms with Gasteiger partial charge in [0, 0.05) is 0 Å². The molecule has 0 aliphatic rings. The molecule has 28 heavy (non-hydrogen) atoms. The smallest absolute Gasteiger partial charge is 0.249 e. The van der Waals surface area contributed by atoms with Crippen molar-refractivity contribution in [2.45, 2.75) is 32.2 Å². The van der Waals surface area contributed by atoms with Crippen LogP contribution in [0.4, 0.5) is 0 Å². The average molecular weight is 417 g/mol. The highest BCUT2D eigenvalue weighted by Crippen LogP contribution is 2.20. The fraction of sp³-hybridized carbons (Fsp3) is 0.200. The third kappa shape index (κ3) is 4.43. The summed E-state index contributed by atoms with van der Waals surface area (Å²) < 4.78 is 26.7. The number of rotatable bonds is 6. The van der Waals surface area contributed by atoms with Crippen LogP contribution in [0.25, 0.3) is 0 Å². The zero-order valence-corrected chi connectivity index (χ0v) is 17.4. The van der Waals surface area contributed by atoms with Crippen molar-refractivity contribution in [2.24, 2.45) is 5.10 Å². The molecule has 2 aromatic carbocycles. The number of halogens is 1. The van der Waals surface area contributed by atoms with E-state index in [1.54, 1.807) is 30.7 Å². The van der Waals surface area contributed by atoms with Crippen LogP contribution in [0.2, 0.25) is 5.15 Å². The molecule has 0 spiro atoms. The van der Waals surface area contributed by atoms with Gasteiger partial charge in [0.05, 0.1) is 28.9 Å². The molecular weight excluding hydrogens is 396 g/mol. The Morgan fingerprint density at radius 1 is 1.14 bits per heavy atom. The Kier molecular flexibility index (Phi) is 5.86. The van der Waals surface area contributed by atoms with E-state index in [9.17, 15) is 8.42 Å². The Labute approximate surface area is 169 Å². The third-order valence-corrected chi connectivity index (χ3v) is 6.05. The van der Waals surface area contributed by atoms with Crippen LogP contribution >= 0.6 is 11.6 Å². The lowest BCUT2D eigenvalue weighted by Crippen LogP contribution is -2.19. The molecule has 8 heteroatoms. The maximum absolute atomic E-state index is 12.5. The molecule has 3 rings (SSSR count). The Morgan fingerprint density at radius 3 is 2.57 bits per heavy atom. The lowest BCUT2D eigenvalue weighted by molar-refractivity contribution is 0.584. The van der Waals surface area contributed by atoms with Gasteiger partial charge < -0.3 is 0 Å². The van der Waals surface area contributed by atoms with Crippen LogP contribution in [0.1, 0.15) is 27.9 Å². The first-order valence-corrected chi connectivity index (χ1v) is 10.5. The number of aryl methyl sites for hydroxylation is 3. The predicted molar refractivity (Wildman–Crippen MR) is 111 cm³/mol. The maximum atomic E-state index is 12.5. The Hall–Kier alpha value is -2.64. The number of aromatic nitrogens is 2. The molecule has 0 saturated heterocycles. The molecule has 0 amide bonds. The highest BCUT2D eigenvalue weighted by molar-refractivity contribution is 7.89. The highest BCUT2D eigenvalue weighted by Gasteiger charge is 2.17. The highest BCUT2D eigenvalue weighted by atomic mass is 35.5. The number of hydrazone groups is 1. The van der Waals surface area contributed by atoms with E-state index in [4.69, 9.17) is 11.6 Å². The summed E-state index contributed by atoms with van der Waals surface area (Å²) in [5, 5.41) is 8.72. The summed E-state index contributed by atoms with van der Waals surface area (Å²) in [7, 11) is -3.77. The van der Waals surface area contributed by atoms with Crippen molar-refractivity contribution in [3.05, 3.63) is 81.6 Å². The second-order valence-electron chi connectivity index (χ2n) is 6.56. The van der Waals surface area contributed by atoms with Gasteiger partial charge in [-0.25, -0.2) is 9.51 Å². The van der Waals surface area contributed by atoms with E-state index in [2.05, 4.69) is 15.0 Å². The van der Waals surface area contributed by atoms with E-state index in [0.717, 1.165) is 11.1 Å². The van der Waals surface area contributed by atoms with Crippen LogP contribution in [0, 0.1) is 20.8 Å². The van der Waals surface area contributed by atoms with Crippen molar-refractivity contribution < 1.29 is 8.42 Å². The lowest BCUT2D eigenvalue weighted by Gasteiger charge is -2.07. The monoisotopic (exact) mass is 416 g/mol. The molecule has 1 heterocycles. The van der Waals surface area contributed by atoms with E-state index in [1.807, 2.05) is 43.3 Å². The molecule has 6 nitrogen and oxygen atoms in total. The molecule has 1 aromatic heterocycles. The fourth-order valence-electron chi connectivity index (χ4n) is 2.78. The molecule has 0 saturated carbocycles. The van der Waals surface area contributed by atoms with E-state index in [-0.39, 0.29) is 4.90 Å². The third-order valence-electron chi connectivity index (χ3n) is 4.28. The number of hydrogen-bond donors (Lipinski definition) is 1. The van der Waals surface area contributed by atoms with Crippen molar-refractivity contribution in [2.75, 3.05) is 0 Å². The summed E-state index contributed by atoms with van der Waals surface area (Å²) in [6.45, 7) is 5.90. The van der Waals surface area contributed by atoms with Crippen molar-refractivity contribution in [1.82, 2.24) is 14.6 Å². The van der Waals surface area contributed by atoms with Crippen molar-refractivity contribution in [1.29, 1.82) is 0 Å². The van der Waals surface area contributed by atoms with Crippen LogP contribution in [0.5, 0.6) is 0 Å². The molecule has 0 radical (unpaired) electrons. The minimum absolute atomic E-state index is 0.201. The summed E-state index contributed by atoms with van der Waals surface area (Å²) in [4.78, 5) is 2.45. The first-order chi connectivity index (χ1) is 13.3. The van der Waals surface area contributed by atoms with Crippen molar-refractivity contribution in [3.8, 4) is 0 Å². The quantitative estimate of drug-likeness (QED) is 0.490. The second-order valence-corrected chi connectivity index (χ2v) is 8.54. The van der Waals surface area contributed by atoms with Crippen LogP contribution in [0.3, 0.4) is 0 Å². The summed E-state index contributed by atoms with van der Waals surface area (Å²) in [5.41, 5.74) is 3.80. The van der Waals surface area contributed by atoms with Gasteiger partial charge in [-0.2, -0.15) is 18.6 Å². The van der Waals surface area contributed by atoms with Gasteiger partial charge in [0.2, 0.25) is 0 Å². The van der Waals surface area contributed by atoms with Gasteiger partial charge in [-0.1, -0.05) is 54.1 Å². The average Bonchev–Trinajstić information content (AvgIpc) is 2.91. The number of benzene rings is 2. The molecule has 0 bridgehead atoms. The number of sulfonamides is 1. The first-order valence-electron chi connectivity index (χ1n) is 8.67. The normalized spacial score (nSPS) is 11.9. The van der Waals surface area contributed by atoms with Gasteiger partial charge in [0.25, 0.3) is 10.0 Å². The predicted octanol–water partition coefficient (Wildman–Crippen LogP) is 3.82. The van der Waals surface area contributed by atoms with Crippen LogP contribution in [0.15, 0.2) is 58.5 Å². The van der Waals surface area contributed by atoms with Crippen LogP contribution in [-0.4, -0.2) is 24.4 Å². The summed E-state index contributed by atoms with van der Waals surface area (Å²) >= 11 is 6.42. The number of nitrogens with zero attached hydrogens (tertiary/aromatic N) is 3. The van der Waals surface area contributed by atoms with E-state index in [0.29, 0.717) is 28.5 Å². The zero-order valence-electron chi connectivity index (χ0n) is 15.8. The van der Waals surface area contributed by atoms with E-state index < -0.39 is 10.0 Å². The Morgan fingerprint density at radius 2 is 1.86 bits per heavy atom. The Bertz CT molecular complexity index is 1120. The standard InChI is InChI=1S/C20H21ClN4O2S/c1-14-9-10-15(2)19(11-14)28(26,27)24-22-12-18-16(3)23-25(20(18)21)13-17-7-5-4-6-8-17/h4-12,24H,13H2,1-3H3/b22-12-. The molecule has 0 fully saturated rings. The molecule has 0 aliphatic heterocycles. The fourth-order valence-corrected chi connectivity index (χ4v) is 4.19. The van der Waals surface area contributed by atoms with Crippen LogP contribution < -0.4 is 4.83 Å². The first kappa shape index (κ1) is 20.1. The van der Waals surface area contributed by atoms with Crippen molar-refractivity contribution in [3.63, 3.8) is 0 Å². The summed E-state index contributed by atoms with van der Waals surface area (Å²) in [6, 6.07) is 15.1. The molecule has 1 N–H and O–H groups in total. The van der Waals surface area contributed by atoms with Crippen LogP contribution in [-0.2, 0) is 16.6 Å². The lowest BCUT2D eigenvalue weighted by atomic mass is 10.2. The zero-order chi connectivity index (χ0) is 20.3. The minimum atomic E-state index is -3.77. The molecule has 0 atom stereocenters. The molecule has 0 unspecified atom stereocenters. The molecule has 146 valence electrons. The van der Waals surface area contributed by atoms with Gasteiger partial charge >= 0.3 is 0 Å². The van der Waals surface area contributed by atoms with E-state index in [1.165, 1.54) is 6.21 Å². The van der Waals surface area contributed by atoms with Gasteiger partial charge in [-0.05, 0) is 43.5 Å². The molecule has 0 aliphatic carbocycles. The summed E-state index contributed by atoms with van der Waals surface area (Å²) in [5.74, 6) is 0. The summed E-state index contributed by atoms with van der Waals surface area (Å²) in [6.07, 6.45) is 1.38. The second kappa shape index (κ2) is 8.16. The Balaban J connectivity index is 1.80. The van der Waals surface area contributed by atoms with E-state index >= 15 is 0 Å². The van der Waals surface area contributed by atoms with Gasteiger partial charge in [-0.3, -0.25) is 0 Å². The number of nitrogens with one attached hydrogen (secondary N) is 1. The SMILES string of the molecule is Cc1ccc(C)c(S(=O)(=O)N/N=C\c2c(C)nn(Cc3ccccc3)c2Cl)c1. The largest absolute Gasteiger partial charge is 0.276 e. The van der Waals surface area contributed by atoms with Gasteiger partial charge in [-0.15, -0.1) is 0 Å². The number of hydrogen-bond acceptors (Lipinski definition) is 4. The molecule has 3 aromatic rings. The topological polar surface area (TPSA) is 76.3 Å². The van der Waals surface area contributed by atoms with Gasteiger partial charge in [0.1, 0.15) is 5.15 Å². The minimum Gasteiger partial charge on any atom is -0.249 e. The maximum Gasteiger partial charge on any atom is 0.276 e. The van der Waals surface area contributed by atoms with Gasteiger partial charge in [0.15, 0.2) is 0 Å². The van der Waals surface area contributed by atoms with Crippen molar-refractivity contribution >= 4 is 27.8 Å². The molecular formula is C20H21ClN4O2S.